The largest absolute Gasteiger partial charge is 0.0870 e. The standard InChI is InChI=1S/C26H22/c1-3-11-18-19-12-5-8-15-23(19)26(22(18)4-2)24-16-9-6-13-20(24)21-14-7-10-17-25(21)26/h3,5-17H,4H2,1-2H3/b11-3-. The number of fused-ring (bicyclic) bond motifs is 7. The predicted molar refractivity (Wildman–Crippen MR) is 110 cm³/mol. The van der Waals surface area contributed by atoms with E-state index in [1.54, 1.807) is 0 Å². The van der Waals surface area contributed by atoms with Crippen molar-refractivity contribution in [2.75, 3.05) is 0 Å². The van der Waals surface area contributed by atoms with Crippen LogP contribution in [0.25, 0.3) is 16.7 Å². The molecule has 0 fully saturated rings. The second kappa shape index (κ2) is 5.57. The van der Waals surface area contributed by atoms with Gasteiger partial charge in [0.15, 0.2) is 0 Å². The minimum Gasteiger partial charge on any atom is -0.0870 e. The SMILES string of the molecule is C/C=C\C1=C(CC)C2(c3ccccc31)c1ccccc1-c1ccccc12. The third kappa shape index (κ3) is 1.69. The molecule has 0 radical (unpaired) electrons. The zero-order chi connectivity index (χ0) is 17.7. The smallest absolute Gasteiger partial charge is 0.0688 e. The van der Waals surface area contributed by atoms with E-state index in [1.807, 2.05) is 0 Å². The Hall–Kier alpha value is -2.86. The van der Waals surface area contributed by atoms with Gasteiger partial charge in [-0.1, -0.05) is 91.9 Å². The molecule has 0 saturated heterocycles. The van der Waals surface area contributed by atoms with E-state index in [0.717, 1.165) is 6.42 Å². The average Bonchev–Trinajstić information content (AvgIpc) is 3.15. The van der Waals surface area contributed by atoms with Crippen molar-refractivity contribution in [2.24, 2.45) is 0 Å². The zero-order valence-corrected chi connectivity index (χ0v) is 15.3. The van der Waals surface area contributed by atoms with Crippen LogP contribution < -0.4 is 0 Å². The quantitative estimate of drug-likeness (QED) is 0.486. The van der Waals surface area contributed by atoms with Gasteiger partial charge >= 0.3 is 0 Å². The summed E-state index contributed by atoms with van der Waals surface area (Å²) in [5, 5.41) is 0. The van der Waals surface area contributed by atoms with Gasteiger partial charge in [0, 0.05) is 0 Å². The first-order valence-corrected chi connectivity index (χ1v) is 9.49. The minimum absolute atomic E-state index is 0.145. The normalized spacial score (nSPS) is 16.2. The van der Waals surface area contributed by atoms with Crippen molar-refractivity contribution in [1.82, 2.24) is 0 Å². The van der Waals surface area contributed by atoms with Gasteiger partial charge < -0.3 is 0 Å². The molecule has 0 unspecified atom stereocenters. The van der Waals surface area contributed by atoms with Crippen LogP contribution >= 0.6 is 0 Å². The number of hydrogen-bond acceptors (Lipinski definition) is 0. The number of rotatable bonds is 2. The van der Waals surface area contributed by atoms with Gasteiger partial charge in [-0.2, -0.15) is 0 Å². The topological polar surface area (TPSA) is 0 Å². The Morgan fingerprint density at radius 2 is 1.15 bits per heavy atom. The van der Waals surface area contributed by atoms with E-state index < -0.39 is 0 Å². The van der Waals surface area contributed by atoms with Crippen molar-refractivity contribution < 1.29 is 0 Å². The Morgan fingerprint density at radius 3 is 1.65 bits per heavy atom. The van der Waals surface area contributed by atoms with Crippen LogP contribution in [-0.2, 0) is 5.41 Å². The Balaban J connectivity index is 2.01. The van der Waals surface area contributed by atoms with Crippen LogP contribution in [0.15, 0.2) is 90.5 Å². The predicted octanol–water partition coefficient (Wildman–Crippen LogP) is 6.75. The molecule has 0 amide bonds. The molecule has 0 heterocycles. The first-order valence-electron chi connectivity index (χ1n) is 9.49. The van der Waals surface area contributed by atoms with E-state index in [9.17, 15) is 0 Å². The van der Waals surface area contributed by atoms with E-state index >= 15 is 0 Å². The summed E-state index contributed by atoms with van der Waals surface area (Å²) in [6.07, 6.45) is 5.51. The van der Waals surface area contributed by atoms with Crippen LogP contribution in [0.4, 0.5) is 0 Å². The molecular weight excluding hydrogens is 312 g/mol. The molecule has 2 aliphatic rings. The molecule has 1 spiro atoms. The molecule has 0 N–H and O–H groups in total. The summed E-state index contributed by atoms with van der Waals surface area (Å²) in [4.78, 5) is 0. The van der Waals surface area contributed by atoms with Gasteiger partial charge in [-0.25, -0.2) is 0 Å². The van der Waals surface area contributed by atoms with Crippen molar-refractivity contribution in [1.29, 1.82) is 0 Å². The lowest BCUT2D eigenvalue weighted by molar-refractivity contribution is 0.733. The molecule has 0 heteroatoms. The second-order valence-corrected chi connectivity index (χ2v) is 7.13. The second-order valence-electron chi connectivity index (χ2n) is 7.13. The fourth-order valence-corrected chi connectivity index (χ4v) is 5.24. The molecule has 0 nitrogen and oxygen atoms in total. The summed E-state index contributed by atoms with van der Waals surface area (Å²) < 4.78 is 0. The highest BCUT2D eigenvalue weighted by atomic mass is 14.5. The lowest BCUT2D eigenvalue weighted by atomic mass is 9.69. The van der Waals surface area contributed by atoms with Crippen LogP contribution in [0.3, 0.4) is 0 Å². The molecule has 0 saturated carbocycles. The highest BCUT2D eigenvalue weighted by Gasteiger charge is 2.51. The third-order valence-corrected chi connectivity index (χ3v) is 6.04. The Labute approximate surface area is 155 Å². The fraction of sp³-hybridized carbons (Fsp3) is 0.154. The van der Waals surface area contributed by atoms with Crippen molar-refractivity contribution in [3.8, 4) is 11.1 Å². The van der Waals surface area contributed by atoms with E-state index in [4.69, 9.17) is 0 Å². The van der Waals surface area contributed by atoms with Crippen LogP contribution in [0.5, 0.6) is 0 Å². The van der Waals surface area contributed by atoms with Crippen molar-refractivity contribution >= 4 is 5.57 Å². The summed E-state index contributed by atoms with van der Waals surface area (Å²) in [5.41, 5.74) is 11.2. The Morgan fingerprint density at radius 1 is 0.692 bits per heavy atom. The maximum Gasteiger partial charge on any atom is 0.0688 e. The summed E-state index contributed by atoms with van der Waals surface area (Å²) in [6.45, 7) is 4.42. The maximum absolute atomic E-state index is 2.33. The molecule has 0 aromatic heterocycles. The molecular formula is C26H22. The van der Waals surface area contributed by atoms with Crippen LogP contribution in [0.2, 0.25) is 0 Å². The first-order chi connectivity index (χ1) is 12.8. The molecule has 0 aliphatic heterocycles. The van der Waals surface area contributed by atoms with E-state index in [1.165, 1.54) is 44.5 Å². The first kappa shape index (κ1) is 15.4. The van der Waals surface area contributed by atoms with E-state index in [0.29, 0.717) is 0 Å². The molecule has 126 valence electrons. The van der Waals surface area contributed by atoms with Gasteiger partial charge in [-0.05, 0) is 57.9 Å². The van der Waals surface area contributed by atoms with Gasteiger partial charge in [0.1, 0.15) is 0 Å². The van der Waals surface area contributed by atoms with Crippen LogP contribution in [-0.4, -0.2) is 0 Å². The summed E-state index contributed by atoms with van der Waals surface area (Å²) in [5.74, 6) is 0. The summed E-state index contributed by atoms with van der Waals surface area (Å²) in [6, 6.07) is 26.9. The van der Waals surface area contributed by atoms with Gasteiger partial charge in [-0.3, -0.25) is 0 Å². The van der Waals surface area contributed by atoms with E-state index in [-0.39, 0.29) is 5.41 Å². The minimum atomic E-state index is -0.145. The average molecular weight is 334 g/mol. The Bertz CT molecular complexity index is 1030. The lowest BCUT2D eigenvalue weighted by Crippen LogP contribution is -2.27. The third-order valence-electron chi connectivity index (χ3n) is 6.04. The summed E-state index contributed by atoms with van der Waals surface area (Å²) >= 11 is 0. The van der Waals surface area contributed by atoms with Crippen LogP contribution in [0, 0.1) is 0 Å². The zero-order valence-electron chi connectivity index (χ0n) is 15.3. The highest BCUT2D eigenvalue weighted by Crippen LogP contribution is 2.62. The maximum atomic E-state index is 2.33. The molecule has 3 aromatic carbocycles. The monoisotopic (exact) mass is 334 g/mol. The number of hydrogen-bond donors (Lipinski definition) is 0. The van der Waals surface area contributed by atoms with Crippen molar-refractivity contribution in [2.45, 2.75) is 25.7 Å². The van der Waals surface area contributed by atoms with Crippen molar-refractivity contribution in [3.63, 3.8) is 0 Å². The van der Waals surface area contributed by atoms with Gasteiger partial charge in [0.2, 0.25) is 0 Å². The van der Waals surface area contributed by atoms with Crippen LogP contribution in [0.1, 0.15) is 42.5 Å². The van der Waals surface area contributed by atoms with E-state index in [2.05, 4.69) is 98.8 Å². The molecule has 26 heavy (non-hydrogen) atoms. The number of allylic oxidation sites excluding steroid dienone is 4. The summed E-state index contributed by atoms with van der Waals surface area (Å²) in [7, 11) is 0. The fourth-order valence-electron chi connectivity index (χ4n) is 5.24. The van der Waals surface area contributed by atoms with Gasteiger partial charge in [-0.15, -0.1) is 0 Å². The molecule has 3 aromatic rings. The molecule has 0 bridgehead atoms. The highest BCUT2D eigenvalue weighted by molar-refractivity contribution is 5.96. The van der Waals surface area contributed by atoms with Gasteiger partial charge in [0.05, 0.1) is 5.41 Å². The number of benzene rings is 3. The van der Waals surface area contributed by atoms with Crippen molar-refractivity contribution in [3.05, 3.63) is 113 Å². The Kier molecular flexibility index (Phi) is 3.30. The van der Waals surface area contributed by atoms with Gasteiger partial charge in [0.25, 0.3) is 0 Å². The lowest BCUT2D eigenvalue weighted by Gasteiger charge is -2.32. The molecule has 2 aliphatic carbocycles. The molecule has 5 rings (SSSR count). The molecule has 0 atom stereocenters.